The summed E-state index contributed by atoms with van der Waals surface area (Å²) >= 11 is 1.25. The minimum absolute atomic E-state index is 0.0949. The number of hydrogen-bond donors (Lipinski definition) is 2. The van der Waals surface area contributed by atoms with Gasteiger partial charge in [0.1, 0.15) is 0 Å². The molecule has 172 valence electrons. The van der Waals surface area contributed by atoms with Crippen molar-refractivity contribution in [2.45, 2.75) is 39.0 Å². The summed E-state index contributed by atoms with van der Waals surface area (Å²) in [6.07, 6.45) is 0. The number of thioether (sulfide) groups is 1. The van der Waals surface area contributed by atoms with Gasteiger partial charge in [-0.1, -0.05) is 35.5 Å². The summed E-state index contributed by atoms with van der Waals surface area (Å²) in [5.41, 5.74) is 2.92. The van der Waals surface area contributed by atoms with Gasteiger partial charge in [-0.2, -0.15) is 0 Å². The fraction of sp³-hybridized carbons (Fsp3) is 0.273. The fourth-order valence-corrected chi connectivity index (χ4v) is 3.99. The second kappa shape index (κ2) is 10.7. The first-order valence-electron chi connectivity index (χ1n) is 10.2. The number of benzene rings is 2. The summed E-state index contributed by atoms with van der Waals surface area (Å²) in [5, 5.41) is 25.3. The lowest BCUT2D eigenvalue weighted by molar-refractivity contribution is -0.384. The number of non-ortho nitro benzene ring substituents is 1. The topological polar surface area (TPSA) is 132 Å². The van der Waals surface area contributed by atoms with Crippen LogP contribution in [0.5, 0.6) is 0 Å². The third kappa shape index (κ3) is 6.16. The molecule has 0 fully saturated rings. The van der Waals surface area contributed by atoms with E-state index in [1.807, 2.05) is 43.5 Å². The molecule has 1 heterocycles. The van der Waals surface area contributed by atoms with Gasteiger partial charge >= 0.3 is 0 Å². The van der Waals surface area contributed by atoms with Crippen molar-refractivity contribution in [1.82, 2.24) is 20.1 Å². The molecule has 0 unspecified atom stereocenters. The van der Waals surface area contributed by atoms with Gasteiger partial charge in [0.05, 0.1) is 17.2 Å². The molecule has 0 spiro atoms. The lowest BCUT2D eigenvalue weighted by Gasteiger charge is -2.10. The van der Waals surface area contributed by atoms with Crippen molar-refractivity contribution in [2.24, 2.45) is 0 Å². The predicted octanol–water partition coefficient (Wildman–Crippen LogP) is 3.48. The van der Waals surface area contributed by atoms with Crippen LogP contribution in [0.4, 0.5) is 11.4 Å². The van der Waals surface area contributed by atoms with Gasteiger partial charge in [-0.3, -0.25) is 19.7 Å². The van der Waals surface area contributed by atoms with Crippen LogP contribution in [0.15, 0.2) is 47.6 Å². The minimum Gasteiger partial charge on any atom is -0.345 e. The second-order valence-corrected chi connectivity index (χ2v) is 8.23. The molecule has 0 atom stereocenters. The molecule has 2 amide bonds. The van der Waals surface area contributed by atoms with Crippen LogP contribution in [0.25, 0.3) is 0 Å². The quantitative estimate of drug-likeness (QED) is 0.279. The van der Waals surface area contributed by atoms with Gasteiger partial charge in [-0.15, -0.1) is 10.2 Å². The van der Waals surface area contributed by atoms with E-state index in [1.54, 1.807) is 0 Å². The van der Waals surface area contributed by atoms with Crippen molar-refractivity contribution in [3.63, 3.8) is 0 Å². The number of nitro groups is 1. The number of nitrogens with zero attached hydrogens (tertiary/aromatic N) is 4. The Kier molecular flexibility index (Phi) is 7.78. The van der Waals surface area contributed by atoms with Crippen molar-refractivity contribution in [3.05, 3.63) is 75.1 Å². The van der Waals surface area contributed by atoms with Crippen LogP contribution in [0.3, 0.4) is 0 Å². The minimum atomic E-state index is -0.551. The highest BCUT2D eigenvalue weighted by Crippen LogP contribution is 2.20. The summed E-state index contributed by atoms with van der Waals surface area (Å²) in [4.78, 5) is 35.1. The zero-order chi connectivity index (χ0) is 24.0. The van der Waals surface area contributed by atoms with Crippen LogP contribution >= 0.6 is 11.8 Å². The first kappa shape index (κ1) is 23.9. The van der Waals surface area contributed by atoms with Gasteiger partial charge in [0.25, 0.3) is 11.6 Å². The zero-order valence-electron chi connectivity index (χ0n) is 18.5. The van der Waals surface area contributed by atoms with Crippen molar-refractivity contribution in [1.29, 1.82) is 0 Å². The molecule has 11 heteroatoms. The Balaban J connectivity index is 1.59. The highest BCUT2D eigenvalue weighted by molar-refractivity contribution is 7.99. The Morgan fingerprint density at radius 3 is 2.64 bits per heavy atom. The monoisotopic (exact) mass is 468 g/mol. The standard InChI is InChI=1S/C22H24N6O4S/c1-4-27-19(12-23-21(30)16-6-5-7-17(11-16)28(31)32)25-26-22(27)33-13-20(29)24-18-9-8-14(2)10-15(18)3/h5-11H,4,12-13H2,1-3H3,(H,23,30)(H,24,29). The summed E-state index contributed by atoms with van der Waals surface area (Å²) in [6, 6.07) is 11.3. The largest absolute Gasteiger partial charge is 0.345 e. The van der Waals surface area contributed by atoms with Crippen LogP contribution in [0.1, 0.15) is 34.2 Å². The van der Waals surface area contributed by atoms with E-state index in [4.69, 9.17) is 0 Å². The van der Waals surface area contributed by atoms with Gasteiger partial charge in [-0.05, 0) is 38.5 Å². The summed E-state index contributed by atoms with van der Waals surface area (Å²) < 4.78 is 1.81. The molecule has 2 N–H and O–H groups in total. The molecule has 0 saturated heterocycles. The third-order valence-corrected chi connectivity index (χ3v) is 5.79. The molecule has 3 aromatic rings. The number of anilines is 1. The number of nitrogens with one attached hydrogen (secondary N) is 2. The van der Waals surface area contributed by atoms with E-state index in [-0.39, 0.29) is 29.5 Å². The first-order valence-corrected chi connectivity index (χ1v) is 11.2. The van der Waals surface area contributed by atoms with E-state index in [2.05, 4.69) is 20.8 Å². The van der Waals surface area contributed by atoms with Gasteiger partial charge in [0, 0.05) is 29.9 Å². The molecule has 0 aliphatic carbocycles. The average Bonchev–Trinajstić information content (AvgIpc) is 3.19. The Labute approximate surface area is 194 Å². The maximum absolute atomic E-state index is 12.4. The van der Waals surface area contributed by atoms with E-state index < -0.39 is 10.8 Å². The fourth-order valence-electron chi connectivity index (χ4n) is 3.17. The van der Waals surface area contributed by atoms with Crippen molar-refractivity contribution in [2.75, 3.05) is 11.1 Å². The van der Waals surface area contributed by atoms with E-state index in [1.165, 1.54) is 36.0 Å². The maximum atomic E-state index is 12.4. The molecular weight excluding hydrogens is 444 g/mol. The van der Waals surface area contributed by atoms with Gasteiger partial charge < -0.3 is 15.2 Å². The molecule has 0 radical (unpaired) electrons. The highest BCUT2D eigenvalue weighted by Gasteiger charge is 2.16. The van der Waals surface area contributed by atoms with E-state index in [0.29, 0.717) is 17.5 Å². The molecule has 2 aromatic carbocycles. The van der Waals surface area contributed by atoms with Crippen molar-refractivity contribution in [3.8, 4) is 0 Å². The lowest BCUT2D eigenvalue weighted by atomic mass is 10.1. The summed E-state index contributed by atoms with van der Waals surface area (Å²) in [5.74, 6) is 0.0731. The predicted molar refractivity (Wildman–Crippen MR) is 125 cm³/mol. The molecule has 0 bridgehead atoms. The van der Waals surface area contributed by atoms with Crippen LogP contribution in [0, 0.1) is 24.0 Å². The number of hydrogen-bond acceptors (Lipinski definition) is 7. The smallest absolute Gasteiger partial charge is 0.270 e. The van der Waals surface area contributed by atoms with E-state index >= 15 is 0 Å². The summed E-state index contributed by atoms with van der Waals surface area (Å²) in [6.45, 7) is 6.50. The van der Waals surface area contributed by atoms with Crippen molar-refractivity contribution < 1.29 is 14.5 Å². The third-order valence-electron chi connectivity index (χ3n) is 4.82. The molecule has 0 aliphatic heterocycles. The maximum Gasteiger partial charge on any atom is 0.270 e. The molecule has 3 rings (SSSR count). The van der Waals surface area contributed by atoms with Crippen LogP contribution < -0.4 is 10.6 Å². The van der Waals surface area contributed by atoms with Gasteiger partial charge in [0.2, 0.25) is 5.91 Å². The highest BCUT2D eigenvalue weighted by atomic mass is 32.2. The molecule has 1 aromatic heterocycles. The number of nitro benzene ring substituents is 1. The van der Waals surface area contributed by atoms with Crippen LogP contribution in [0.2, 0.25) is 0 Å². The number of amides is 2. The number of carbonyl (C=O) groups excluding carboxylic acids is 2. The number of aromatic nitrogens is 3. The molecule has 33 heavy (non-hydrogen) atoms. The molecule has 0 saturated carbocycles. The normalized spacial score (nSPS) is 10.6. The Hall–Kier alpha value is -3.73. The number of aryl methyl sites for hydroxylation is 2. The SMILES string of the molecule is CCn1c(CNC(=O)c2cccc([N+](=O)[O-])c2)nnc1SCC(=O)Nc1ccc(C)cc1C. The van der Waals surface area contributed by atoms with Crippen molar-refractivity contribution >= 4 is 35.0 Å². The lowest BCUT2D eigenvalue weighted by Crippen LogP contribution is -2.25. The zero-order valence-corrected chi connectivity index (χ0v) is 19.3. The first-order chi connectivity index (χ1) is 15.8. The number of carbonyl (C=O) groups is 2. The van der Waals surface area contributed by atoms with E-state index in [0.717, 1.165) is 16.8 Å². The average molecular weight is 469 g/mol. The molecular formula is C22H24N6O4S. The Morgan fingerprint density at radius 1 is 1.15 bits per heavy atom. The van der Waals surface area contributed by atoms with Gasteiger partial charge in [0.15, 0.2) is 11.0 Å². The summed E-state index contributed by atoms with van der Waals surface area (Å²) in [7, 11) is 0. The Morgan fingerprint density at radius 2 is 1.94 bits per heavy atom. The molecule has 0 aliphatic rings. The van der Waals surface area contributed by atoms with Crippen LogP contribution in [-0.4, -0.2) is 37.3 Å². The molecule has 10 nitrogen and oxygen atoms in total. The second-order valence-electron chi connectivity index (χ2n) is 7.29. The Bertz CT molecular complexity index is 1190. The van der Waals surface area contributed by atoms with Crippen LogP contribution in [-0.2, 0) is 17.9 Å². The number of rotatable bonds is 9. The van der Waals surface area contributed by atoms with E-state index in [9.17, 15) is 19.7 Å². The van der Waals surface area contributed by atoms with Gasteiger partial charge in [-0.25, -0.2) is 0 Å².